The van der Waals surface area contributed by atoms with E-state index in [2.05, 4.69) is 14.9 Å². The summed E-state index contributed by atoms with van der Waals surface area (Å²) in [5.41, 5.74) is 7.50. The lowest BCUT2D eigenvalue weighted by molar-refractivity contribution is 0.234. The summed E-state index contributed by atoms with van der Waals surface area (Å²) < 4.78 is 19.7. The maximum Gasteiger partial charge on any atom is 0.213 e. The van der Waals surface area contributed by atoms with Gasteiger partial charge in [-0.1, -0.05) is 12.1 Å². The topological polar surface area (TPSA) is 87.5 Å². The lowest BCUT2D eigenvalue weighted by atomic mass is 9.93. The molecule has 2 N–H and O–H groups in total. The number of rotatable bonds is 6. The smallest absolute Gasteiger partial charge is 0.213 e. The van der Waals surface area contributed by atoms with Crippen molar-refractivity contribution >= 4 is 5.84 Å². The highest BCUT2D eigenvalue weighted by Gasteiger charge is 2.22. The third-order valence-electron chi connectivity index (χ3n) is 4.98. The number of hydrogen-bond acceptors (Lipinski definition) is 5. The Kier molecular flexibility index (Phi) is 6.56. The van der Waals surface area contributed by atoms with E-state index >= 15 is 0 Å². The Morgan fingerprint density at radius 2 is 2.14 bits per heavy atom. The average molecular weight is 381 g/mol. The van der Waals surface area contributed by atoms with Gasteiger partial charge >= 0.3 is 0 Å². The number of likely N-dealkylation sites (tertiary alicyclic amines) is 1. The molecule has 1 aromatic heterocycles. The lowest BCUT2D eigenvalue weighted by Gasteiger charge is -2.31. The number of ether oxygens (including phenoxy) is 1. The summed E-state index contributed by atoms with van der Waals surface area (Å²) >= 11 is 0. The van der Waals surface area contributed by atoms with Crippen LogP contribution >= 0.6 is 0 Å². The number of aliphatic imine (C=N–C) groups is 1. The molecule has 1 fully saturated rings. The van der Waals surface area contributed by atoms with Crippen molar-refractivity contribution in [1.29, 1.82) is 5.26 Å². The number of halogens is 1. The summed E-state index contributed by atoms with van der Waals surface area (Å²) in [5, 5.41) is 8.81. The quantitative estimate of drug-likeness (QED) is 0.614. The predicted molar refractivity (Wildman–Crippen MR) is 106 cm³/mol. The maximum atomic E-state index is 14.0. The van der Waals surface area contributed by atoms with E-state index in [1.54, 1.807) is 25.2 Å². The molecule has 0 saturated carbocycles. The molecule has 28 heavy (non-hydrogen) atoms. The van der Waals surface area contributed by atoms with Crippen LogP contribution in [-0.4, -0.2) is 42.4 Å². The molecule has 7 heteroatoms. The molecule has 0 aliphatic carbocycles. The fraction of sp³-hybridized carbons (Fsp3) is 0.381. The summed E-state index contributed by atoms with van der Waals surface area (Å²) in [6.07, 6.45) is 2.00. The fourth-order valence-electron chi connectivity index (χ4n) is 3.31. The lowest BCUT2D eigenvalue weighted by Crippen LogP contribution is -2.39. The highest BCUT2D eigenvalue weighted by atomic mass is 19.1. The Hall–Kier alpha value is -2.98. The van der Waals surface area contributed by atoms with E-state index in [4.69, 9.17) is 15.7 Å². The van der Waals surface area contributed by atoms with Crippen molar-refractivity contribution in [2.45, 2.75) is 25.4 Å². The summed E-state index contributed by atoms with van der Waals surface area (Å²) in [5.74, 6) is 1.05. The molecular weight excluding hydrogens is 357 g/mol. The van der Waals surface area contributed by atoms with Crippen LogP contribution in [0.5, 0.6) is 5.88 Å². The molecule has 1 aromatic carbocycles. The zero-order valence-electron chi connectivity index (χ0n) is 15.9. The van der Waals surface area contributed by atoms with Gasteiger partial charge in [0.1, 0.15) is 18.3 Å². The molecule has 146 valence electrons. The number of benzene rings is 1. The van der Waals surface area contributed by atoms with Crippen molar-refractivity contribution in [3.05, 3.63) is 59.0 Å². The monoisotopic (exact) mass is 381 g/mol. The SMILES string of the molecule is CN=C(N)CN1CCC(c2cccc(OCc3ccc(C#N)cc3F)n2)CC1. The molecule has 3 rings (SSSR count). The zero-order chi connectivity index (χ0) is 19.9. The summed E-state index contributed by atoms with van der Waals surface area (Å²) in [7, 11) is 1.71. The van der Waals surface area contributed by atoms with Gasteiger partial charge in [-0.2, -0.15) is 5.26 Å². The van der Waals surface area contributed by atoms with Crippen molar-refractivity contribution in [2.24, 2.45) is 10.7 Å². The molecule has 1 saturated heterocycles. The second-order valence-corrected chi connectivity index (χ2v) is 6.87. The Morgan fingerprint density at radius 1 is 1.36 bits per heavy atom. The van der Waals surface area contributed by atoms with Gasteiger partial charge < -0.3 is 10.5 Å². The number of nitriles is 1. The number of amidine groups is 1. The highest BCUT2D eigenvalue weighted by molar-refractivity contribution is 5.82. The van der Waals surface area contributed by atoms with Crippen molar-refractivity contribution in [3.63, 3.8) is 0 Å². The molecule has 2 heterocycles. The second kappa shape index (κ2) is 9.29. The fourth-order valence-corrected chi connectivity index (χ4v) is 3.31. The van der Waals surface area contributed by atoms with Crippen LogP contribution in [0.25, 0.3) is 0 Å². The van der Waals surface area contributed by atoms with Crippen LogP contribution in [0, 0.1) is 17.1 Å². The summed E-state index contributed by atoms with van der Waals surface area (Å²) in [4.78, 5) is 10.9. The van der Waals surface area contributed by atoms with E-state index in [1.165, 1.54) is 6.07 Å². The molecule has 1 aliphatic heterocycles. The first kappa shape index (κ1) is 19.8. The van der Waals surface area contributed by atoms with Crippen LogP contribution in [0.1, 0.15) is 35.6 Å². The first-order valence-electron chi connectivity index (χ1n) is 9.31. The minimum absolute atomic E-state index is 0.0715. The molecule has 0 radical (unpaired) electrons. The third kappa shape index (κ3) is 5.05. The zero-order valence-corrected chi connectivity index (χ0v) is 15.9. The first-order chi connectivity index (χ1) is 13.6. The minimum Gasteiger partial charge on any atom is -0.473 e. The molecule has 0 unspecified atom stereocenters. The molecule has 6 nitrogen and oxygen atoms in total. The number of pyridine rings is 1. The van der Waals surface area contributed by atoms with E-state index in [-0.39, 0.29) is 6.61 Å². The minimum atomic E-state index is -0.447. The third-order valence-corrected chi connectivity index (χ3v) is 4.98. The van der Waals surface area contributed by atoms with Gasteiger partial charge in [0.05, 0.1) is 18.2 Å². The van der Waals surface area contributed by atoms with Gasteiger partial charge in [0.25, 0.3) is 0 Å². The molecule has 0 amide bonds. The molecule has 0 spiro atoms. The van der Waals surface area contributed by atoms with Crippen molar-refractivity contribution in [3.8, 4) is 11.9 Å². The van der Waals surface area contributed by atoms with Gasteiger partial charge in [-0.05, 0) is 44.1 Å². The first-order valence-corrected chi connectivity index (χ1v) is 9.31. The highest BCUT2D eigenvalue weighted by Crippen LogP contribution is 2.28. The van der Waals surface area contributed by atoms with Gasteiger partial charge in [0.15, 0.2) is 0 Å². The molecular formula is C21H24FN5O. The van der Waals surface area contributed by atoms with Gasteiger partial charge in [-0.15, -0.1) is 0 Å². The molecule has 1 aliphatic rings. The van der Waals surface area contributed by atoms with Gasteiger partial charge in [-0.3, -0.25) is 9.89 Å². The summed E-state index contributed by atoms with van der Waals surface area (Å²) in [6, 6.07) is 12.0. The Bertz CT molecular complexity index is 885. The number of nitrogens with zero attached hydrogens (tertiary/aromatic N) is 4. The van der Waals surface area contributed by atoms with Crippen molar-refractivity contribution in [1.82, 2.24) is 9.88 Å². The van der Waals surface area contributed by atoms with E-state index in [9.17, 15) is 4.39 Å². The van der Waals surface area contributed by atoms with E-state index in [1.807, 2.05) is 18.2 Å². The number of aromatic nitrogens is 1. The number of piperidine rings is 1. The van der Waals surface area contributed by atoms with Crippen LogP contribution in [0.4, 0.5) is 4.39 Å². The average Bonchev–Trinajstić information content (AvgIpc) is 2.73. The van der Waals surface area contributed by atoms with Crippen LogP contribution in [0.15, 0.2) is 41.4 Å². The van der Waals surface area contributed by atoms with Crippen LogP contribution in [-0.2, 0) is 6.61 Å². The summed E-state index contributed by atoms with van der Waals surface area (Å²) in [6.45, 7) is 2.67. The van der Waals surface area contributed by atoms with E-state index in [0.717, 1.165) is 31.6 Å². The van der Waals surface area contributed by atoms with Gasteiger partial charge in [-0.25, -0.2) is 9.37 Å². The van der Waals surface area contributed by atoms with Crippen LogP contribution < -0.4 is 10.5 Å². The largest absolute Gasteiger partial charge is 0.473 e. The molecule has 0 bridgehead atoms. The molecule has 0 atom stereocenters. The normalized spacial score (nSPS) is 16.0. The number of nitrogens with two attached hydrogens (primary N) is 1. The Labute approximate surface area is 164 Å². The standard InChI is InChI=1S/C21H24FN5O/c1-25-20(24)13-27-9-7-16(8-10-27)19-3-2-4-21(26-19)28-14-17-6-5-15(12-23)11-18(17)22/h2-6,11,16H,7-10,13-14H2,1H3,(H2,24,25). The second-order valence-electron chi connectivity index (χ2n) is 6.87. The van der Waals surface area contributed by atoms with Crippen molar-refractivity contribution in [2.75, 3.05) is 26.7 Å². The Balaban J connectivity index is 1.58. The molecule has 2 aromatic rings. The van der Waals surface area contributed by atoms with Crippen LogP contribution in [0.3, 0.4) is 0 Å². The predicted octanol–water partition coefficient (Wildman–Crippen LogP) is 2.84. The van der Waals surface area contributed by atoms with E-state index in [0.29, 0.717) is 35.3 Å². The van der Waals surface area contributed by atoms with E-state index < -0.39 is 5.82 Å². The Morgan fingerprint density at radius 3 is 2.82 bits per heavy atom. The van der Waals surface area contributed by atoms with Gasteiger partial charge in [0, 0.05) is 30.3 Å². The van der Waals surface area contributed by atoms with Crippen molar-refractivity contribution < 1.29 is 9.13 Å². The number of hydrogen-bond donors (Lipinski definition) is 1. The van der Waals surface area contributed by atoms with Gasteiger partial charge in [0.2, 0.25) is 5.88 Å². The van der Waals surface area contributed by atoms with Crippen LogP contribution in [0.2, 0.25) is 0 Å². The maximum absolute atomic E-state index is 14.0.